The Kier molecular flexibility index (Phi) is 6.80. The number of methoxy groups -OCH3 is 1. The average molecular weight is 201 g/mol. The van der Waals surface area contributed by atoms with Crippen molar-refractivity contribution in [2.24, 2.45) is 0 Å². The third kappa shape index (κ3) is 5.56. The van der Waals surface area contributed by atoms with E-state index in [1.807, 2.05) is 0 Å². The highest BCUT2D eigenvalue weighted by Gasteiger charge is 2.16. The van der Waals surface area contributed by atoms with Gasteiger partial charge in [0, 0.05) is 0 Å². The number of hydrogen-bond donors (Lipinski definition) is 1. The van der Waals surface area contributed by atoms with Crippen LogP contribution < -0.4 is 5.32 Å². The lowest BCUT2D eigenvalue weighted by Gasteiger charge is -2.14. The molecular formula is C10H19NO3. The number of alkyl carbamates (subject to hydrolysis) is 1. The molecule has 1 amide bonds. The molecule has 0 aliphatic heterocycles. The zero-order valence-corrected chi connectivity index (χ0v) is 9.13. The fraction of sp³-hybridized carbons (Fsp3) is 0.800. The molecule has 0 saturated heterocycles. The van der Waals surface area contributed by atoms with E-state index >= 15 is 0 Å². The topological polar surface area (TPSA) is 55.4 Å². The summed E-state index contributed by atoms with van der Waals surface area (Å²) in [5.74, 6) is -0.0218. The van der Waals surface area contributed by atoms with Crippen LogP contribution in [0.15, 0.2) is 0 Å². The molecule has 0 spiro atoms. The third-order valence-corrected chi connectivity index (χ3v) is 2.06. The van der Waals surface area contributed by atoms with Gasteiger partial charge in [0.25, 0.3) is 0 Å². The first kappa shape index (κ1) is 12.9. The van der Waals surface area contributed by atoms with Crippen LogP contribution in [0.3, 0.4) is 0 Å². The maximum Gasteiger partial charge on any atom is 0.407 e. The van der Waals surface area contributed by atoms with Crippen molar-refractivity contribution in [2.45, 2.75) is 45.6 Å². The predicted octanol–water partition coefficient (Wildman–Crippen LogP) is 1.88. The Morgan fingerprint density at radius 1 is 1.36 bits per heavy atom. The summed E-state index contributed by atoms with van der Waals surface area (Å²) in [6, 6.07) is -0.394. The first-order valence-electron chi connectivity index (χ1n) is 4.96. The van der Waals surface area contributed by atoms with Gasteiger partial charge in [0.05, 0.1) is 13.2 Å². The number of ether oxygens (including phenoxy) is 1. The number of carbonyl (C=O) groups is 2. The predicted molar refractivity (Wildman–Crippen MR) is 54.2 cm³/mol. The highest BCUT2D eigenvalue weighted by Crippen LogP contribution is 2.04. The van der Waals surface area contributed by atoms with Gasteiger partial charge < -0.3 is 10.1 Å². The molecule has 0 aliphatic carbocycles. The largest absolute Gasteiger partial charge is 0.453 e. The number of rotatable bonds is 6. The number of ketones is 1. The van der Waals surface area contributed by atoms with Crippen molar-refractivity contribution in [2.75, 3.05) is 7.11 Å². The van der Waals surface area contributed by atoms with Crippen LogP contribution in [-0.4, -0.2) is 25.0 Å². The number of Topliss-reactive ketones (excluding diaryl/α,β-unsaturated/α-hetero) is 1. The van der Waals surface area contributed by atoms with Crippen molar-refractivity contribution in [3.05, 3.63) is 0 Å². The molecule has 0 aliphatic rings. The van der Waals surface area contributed by atoms with Crippen LogP contribution in [0.1, 0.15) is 39.5 Å². The molecule has 4 nitrogen and oxygen atoms in total. The molecule has 1 unspecified atom stereocenters. The van der Waals surface area contributed by atoms with Gasteiger partial charge in [-0.25, -0.2) is 4.79 Å². The summed E-state index contributed by atoms with van der Waals surface area (Å²) < 4.78 is 4.43. The summed E-state index contributed by atoms with van der Waals surface area (Å²) in [4.78, 5) is 22.0. The Labute approximate surface area is 85.0 Å². The molecule has 0 aromatic carbocycles. The number of unbranched alkanes of at least 4 members (excludes halogenated alkanes) is 2. The van der Waals surface area contributed by atoms with Crippen molar-refractivity contribution in [1.82, 2.24) is 5.32 Å². The molecule has 0 radical (unpaired) electrons. The van der Waals surface area contributed by atoms with E-state index in [0.717, 1.165) is 19.3 Å². The minimum atomic E-state index is -0.540. The summed E-state index contributed by atoms with van der Waals surface area (Å²) in [5.41, 5.74) is 0. The first-order valence-corrected chi connectivity index (χ1v) is 4.96. The lowest BCUT2D eigenvalue weighted by Crippen LogP contribution is -2.39. The summed E-state index contributed by atoms with van der Waals surface area (Å²) >= 11 is 0. The van der Waals surface area contributed by atoms with Gasteiger partial charge in [-0.2, -0.15) is 0 Å². The molecule has 0 rings (SSSR count). The Balaban J connectivity index is 3.90. The van der Waals surface area contributed by atoms with Gasteiger partial charge in [0.1, 0.15) is 0 Å². The van der Waals surface area contributed by atoms with Gasteiger partial charge in [-0.1, -0.05) is 26.2 Å². The van der Waals surface area contributed by atoms with Crippen LogP contribution in [0, 0.1) is 0 Å². The quantitative estimate of drug-likeness (QED) is 0.667. The summed E-state index contributed by atoms with van der Waals surface area (Å²) in [6.07, 6.45) is 3.28. The minimum absolute atomic E-state index is 0.0218. The molecule has 82 valence electrons. The van der Waals surface area contributed by atoms with Crippen molar-refractivity contribution in [3.8, 4) is 0 Å². The molecule has 0 bridgehead atoms. The smallest absolute Gasteiger partial charge is 0.407 e. The summed E-state index contributed by atoms with van der Waals surface area (Å²) in [7, 11) is 1.29. The van der Waals surface area contributed by atoms with Gasteiger partial charge in [-0.15, -0.1) is 0 Å². The zero-order valence-electron chi connectivity index (χ0n) is 9.13. The molecule has 0 saturated carbocycles. The maximum atomic E-state index is 11.1. The monoisotopic (exact) mass is 201 g/mol. The first-order chi connectivity index (χ1) is 6.61. The lowest BCUT2D eigenvalue weighted by atomic mass is 10.1. The van der Waals surface area contributed by atoms with Crippen molar-refractivity contribution in [3.63, 3.8) is 0 Å². The van der Waals surface area contributed by atoms with Crippen molar-refractivity contribution < 1.29 is 14.3 Å². The zero-order chi connectivity index (χ0) is 11.0. The van der Waals surface area contributed by atoms with E-state index in [-0.39, 0.29) is 5.78 Å². The SMILES string of the molecule is CCCCCC(NC(=O)OC)C(C)=O. The minimum Gasteiger partial charge on any atom is -0.453 e. The van der Waals surface area contributed by atoms with E-state index in [4.69, 9.17) is 0 Å². The van der Waals surface area contributed by atoms with Gasteiger partial charge in [0.15, 0.2) is 5.78 Å². The molecular weight excluding hydrogens is 182 g/mol. The van der Waals surface area contributed by atoms with E-state index in [1.54, 1.807) is 0 Å². The molecule has 4 heteroatoms. The van der Waals surface area contributed by atoms with Gasteiger partial charge in [0.2, 0.25) is 0 Å². The van der Waals surface area contributed by atoms with E-state index in [9.17, 15) is 9.59 Å². The van der Waals surface area contributed by atoms with Crippen LogP contribution >= 0.6 is 0 Å². The second-order valence-electron chi connectivity index (χ2n) is 3.29. The van der Waals surface area contributed by atoms with Crippen LogP contribution in [0.4, 0.5) is 4.79 Å². The normalized spacial score (nSPS) is 11.9. The molecule has 0 fully saturated rings. The van der Waals surface area contributed by atoms with Crippen LogP contribution in [0.2, 0.25) is 0 Å². The fourth-order valence-electron chi connectivity index (χ4n) is 1.18. The Bertz CT molecular complexity index is 192. The second-order valence-corrected chi connectivity index (χ2v) is 3.29. The summed E-state index contributed by atoms with van der Waals surface area (Å²) in [5, 5.41) is 2.51. The second kappa shape index (κ2) is 7.35. The van der Waals surface area contributed by atoms with E-state index in [1.165, 1.54) is 14.0 Å². The van der Waals surface area contributed by atoms with Crippen LogP contribution in [0.25, 0.3) is 0 Å². The highest BCUT2D eigenvalue weighted by molar-refractivity contribution is 5.85. The maximum absolute atomic E-state index is 11.1. The van der Waals surface area contributed by atoms with Gasteiger partial charge in [-0.05, 0) is 13.3 Å². The molecule has 0 heterocycles. The number of amides is 1. The fourth-order valence-corrected chi connectivity index (χ4v) is 1.18. The Hall–Kier alpha value is -1.06. The average Bonchev–Trinajstić information content (AvgIpc) is 2.16. The molecule has 1 N–H and O–H groups in total. The van der Waals surface area contributed by atoms with E-state index in [2.05, 4.69) is 17.0 Å². The summed E-state index contributed by atoms with van der Waals surface area (Å²) in [6.45, 7) is 3.57. The highest BCUT2D eigenvalue weighted by atomic mass is 16.5. The molecule has 0 aromatic heterocycles. The number of nitrogens with one attached hydrogen (secondary N) is 1. The lowest BCUT2D eigenvalue weighted by molar-refractivity contribution is -0.119. The van der Waals surface area contributed by atoms with E-state index in [0.29, 0.717) is 6.42 Å². The number of carbonyl (C=O) groups excluding carboxylic acids is 2. The molecule has 0 aromatic rings. The van der Waals surface area contributed by atoms with Crippen molar-refractivity contribution >= 4 is 11.9 Å². The Morgan fingerprint density at radius 2 is 2.00 bits per heavy atom. The molecule has 1 atom stereocenters. The third-order valence-electron chi connectivity index (χ3n) is 2.06. The van der Waals surface area contributed by atoms with Gasteiger partial charge in [-0.3, -0.25) is 4.79 Å². The Morgan fingerprint density at radius 3 is 2.43 bits per heavy atom. The standard InChI is InChI=1S/C10H19NO3/c1-4-5-6-7-9(8(2)12)11-10(13)14-3/h9H,4-7H2,1-3H3,(H,11,13). The number of hydrogen-bond acceptors (Lipinski definition) is 3. The van der Waals surface area contributed by atoms with Gasteiger partial charge >= 0.3 is 6.09 Å². The van der Waals surface area contributed by atoms with E-state index < -0.39 is 12.1 Å². The van der Waals surface area contributed by atoms with Crippen LogP contribution in [0.5, 0.6) is 0 Å². The molecule has 14 heavy (non-hydrogen) atoms. The van der Waals surface area contributed by atoms with Crippen molar-refractivity contribution in [1.29, 1.82) is 0 Å². The van der Waals surface area contributed by atoms with Crippen LogP contribution in [-0.2, 0) is 9.53 Å².